The van der Waals surface area contributed by atoms with E-state index >= 15 is 0 Å². The van der Waals surface area contributed by atoms with Gasteiger partial charge in [0.1, 0.15) is 17.0 Å². The number of amides is 2. The van der Waals surface area contributed by atoms with Crippen LogP contribution in [0.3, 0.4) is 0 Å². The monoisotopic (exact) mass is 358 g/mol. The molecule has 0 radical (unpaired) electrons. The molecule has 26 heavy (non-hydrogen) atoms. The van der Waals surface area contributed by atoms with Gasteiger partial charge in [-0.3, -0.25) is 14.3 Å². The van der Waals surface area contributed by atoms with E-state index in [4.69, 9.17) is 4.74 Å². The van der Waals surface area contributed by atoms with Crippen molar-refractivity contribution in [3.05, 3.63) is 23.9 Å². The van der Waals surface area contributed by atoms with E-state index in [-0.39, 0.29) is 5.91 Å². The number of benzene rings is 1. The van der Waals surface area contributed by atoms with Gasteiger partial charge in [0, 0.05) is 19.0 Å². The molecule has 1 aromatic heterocycles. The van der Waals surface area contributed by atoms with E-state index in [9.17, 15) is 14.7 Å². The Bertz CT molecular complexity index is 873. The summed E-state index contributed by atoms with van der Waals surface area (Å²) in [6.45, 7) is 0.655. The fourth-order valence-corrected chi connectivity index (χ4v) is 3.29. The Morgan fingerprint density at radius 2 is 2.31 bits per heavy atom. The Balaban J connectivity index is 1.63. The summed E-state index contributed by atoms with van der Waals surface area (Å²) in [6.07, 6.45) is 2.75. The number of aliphatic hydroxyl groups is 1. The zero-order chi connectivity index (χ0) is 18.3. The second-order valence-electron chi connectivity index (χ2n) is 7.11. The first-order chi connectivity index (χ1) is 12.5. The molecule has 8 heteroatoms. The van der Waals surface area contributed by atoms with E-state index in [0.29, 0.717) is 47.8 Å². The maximum atomic E-state index is 12.9. The molecule has 1 aliphatic carbocycles. The van der Waals surface area contributed by atoms with Crippen molar-refractivity contribution >= 4 is 22.7 Å². The average molecular weight is 358 g/mol. The van der Waals surface area contributed by atoms with Crippen LogP contribution >= 0.6 is 0 Å². The quantitative estimate of drug-likeness (QED) is 0.691. The number of carbonyl (C=O) groups is 2. The van der Waals surface area contributed by atoms with Crippen LogP contribution in [0.25, 0.3) is 10.9 Å². The summed E-state index contributed by atoms with van der Waals surface area (Å²) in [7, 11) is 1.68. The molecule has 138 valence electrons. The second kappa shape index (κ2) is 6.28. The molecule has 1 unspecified atom stereocenters. The van der Waals surface area contributed by atoms with E-state index in [1.165, 1.54) is 17.5 Å². The first-order valence-corrected chi connectivity index (χ1v) is 8.84. The summed E-state index contributed by atoms with van der Waals surface area (Å²) >= 11 is 0. The van der Waals surface area contributed by atoms with Crippen LogP contribution in [0.1, 0.15) is 29.8 Å². The minimum absolute atomic E-state index is 0.337. The van der Waals surface area contributed by atoms with Gasteiger partial charge in [-0.2, -0.15) is 5.10 Å². The zero-order valence-corrected chi connectivity index (χ0v) is 14.6. The smallest absolute Gasteiger partial charge is 0.271 e. The molecular formula is C18H22N4O4. The van der Waals surface area contributed by atoms with Gasteiger partial charge in [0.2, 0.25) is 5.91 Å². The van der Waals surface area contributed by atoms with Gasteiger partial charge in [0.15, 0.2) is 0 Å². The summed E-state index contributed by atoms with van der Waals surface area (Å²) in [4.78, 5) is 25.0. The Kier molecular flexibility index (Phi) is 4.07. The molecule has 2 amide bonds. The lowest BCUT2D eigenvalue weighted by Crippen LogP contribution is -2.56. The molecule has 2 aliphatic rings. The summed E-state index contributed by atoms with van der Waals surface area (Å²) in [5.74, 6) is 0.517. The van der Waals surface area contributed by atoms with Crippen molar-refractivity contribution in [1.82, 2.24) is 20.4 Å². The topological polar surface area (TPSA) is 105 Å². The highest BCUT2D eigenvalue weighted by Gasteiger charge is 2.44. The van der Waals surface area contributed by atoms with Crippen LogP contribution in [0.4, 0.5) is 0 Å². The highest BCUT2D eigenvalue weighted by atomic mass is 16.5. The van der Waals surface area contributed by atoms with Crippen LogP contribution in [0, 0.1) is 5.92 Å². The van der Waals surface area contributed by atoms with Crippen LogP contribution in [-0.4, -0.2) is 52.0 Å². The van der Waals surface area contributed by atoms with E-state index < -0.39 is 18.1 Å². The van der Waals surface area contributed by atoms with E-state index in [1.54, 1.807) is 13.1 Å². The molecule has 2 heterocycles. The van der Waals surface area contributed by atoms with Gasteiger partial charge in [0.25, 0.3) is 5.91 Å². The molecule has 4 rings (SSSR count). The fraction of sp³-hybridized carbons (Fsp3) is 0.500. The van der Waals surface area contributed by atoms with E-state index in [1.807, 2.05) is 12.1 Å². The summed E-state index contributed by atoms with van der Waals surface area (Å²) in [5, 5.41) is 20.0. The van der Waals surface area contributed by atoms with E-state index in [2.05, 4.69) is 15.7 Å². The molecule has 2 fully saturated rings. The summed E-state index contributed by atoms with van der Waals surface area (Å²) in [5.41, 5.74) is -0.275. The maximum Gasteiger partial charge on any atom is 0.271 e. The highest BCUT2D eigenvalue weighted by Crippen LogP contribution is 2.31. The molecule has 3 N–H and O–H groups in total. The number of hydrogen-bond donors (Lipinski definition) is 3. The number of nitrogens with one attached hydrogen (secondary N) is 2. The first kappa shape index (κ1) is 16.8. The lowest BCUT2D eigenvalue weighted by atomic mass is 9.98. The minimum Gasteiger partial charge on any atom is -0.493 e. The lowest BCUT2D eigenvalue weighted by molar-refractivity contribution is -0.125. The molecule has 0 spiro atoms. The van der Waals surface area contributed by atoms with Gasteiger partial charge in [-0.1, -0.05) is 0 Å². The number of aromatic nitrogens is 2. The van der Waals surface area contributed by atoms with Gasteiger partial charge in [-0.25, -0.2) is 0 Å². The van der Waals surface area contributed by atoms with Crippen molar-refractivity contribution in [3.63, 3.8) is 0 Å². The predicted molar refractivity (Wildman–Crippen MR) is 93.8 cm³/mol. The van der Waals surface area contributed by atoms with Crippen LogP contribution in [0.5, 0.6) is 5.75 Å². The van der Waals surface area contributed by atoms with Crippen molar-refractivity contribution in [2.75, 3.05) is 19.8 Å². The molecule has 0 bridgehead atoms. The Morgan fingerprint density at radius 1 is 1.50 bits per heavy atom. The second-order valence-corrected chi connectivity index (χ2v) is 7.11. The normalized spacial score (nSPS) is 22.5. The van der Waals surface area contributed by atoms with Gasteiger partial charge >= 0.3 is 0 Å². The highest BCUT2D eigenvalue weighted by molar-refractivity contribution is 6.07. The number of hydrogen-bond acceptors (Lipinski definition) is 5. The lowest BCUT2D eigenvalue weighted by Gasteiger charge is -2.24. The van der Waals surface area contributed by atoms with Crippen LogP contribution in [-0.2, 0) is 11.8 Å². The standard InChI is InChI=1S/C18H22N4O4/c1-22-15(16(24)20-18(10-23)6-7-19-17(18)25)13-8-12(4-5-14(13)21-22)26-9-11-2-3-11/h4-5,8,11,23H,2-3,6-7,9-10H2,1H3,(H,19,25)(H,20,24). The van der Waals surface area contributed by atoms with Crippen LogP contribution < -0.4 is 15.4 Å². The molecule has 2 aromatic rings. The Labute approximate surface area is 150 Å². The van der Waals surface area contributed by atoms with Crippen molar-refractivity contribution < 1.29 is 19.4 Å². The number of fused-ring (bicyclic) bond motifs is 1. The summed E-state index contributed by atoms with van der Waals surface area (Å²) in [6, 6.07) is 5.47. The molecule has 1 aliphatic heterocycles. The number of carbonyl (C=O) groups excluding carboxylic acids is 2. The molecule has 8 nitrogen and oxygen atoms in total. The predicted octanol–water partition coefficient (Wildman–Crippen LogP) is 0.343. The summed E-state index contributed by atoms with van der Waals surface area (Å²) < 4.78 is 7.29. The largest absolute Gasteiger partial charge is 0.493 e. The molecule has 1 saturated heterocycles. The number of aliphatic hydroxyl groups excluding tert-OH is 1. The molecule has 1 atom stereocenters. The van der Waals surface area contributed by atoms with Crippen molar-refractivity contribution in [2.45, 2.75) is 24.8 Å². The minimum atomic E-state index is -1.28. The van der Waals surface area contributed by atoms with Crippen LogP contribution in [0.15, 0.2) is 18.2 Å². The number of nitrogens with zero attached hydrogens (tertiary/aromatic N) is 2. The third kappa shape index (κ3) is 2.90. The van der Waals surface area contributed by atoms with Gasteiger partial charge in [0.05, 0.1) is 18.7 Å². The fourth-order valence-electron chi connectivity index (χ4n) is 3.29. The Morgan fingerprint density at radius 3 is 2.96 bits per heavy atom. The third-order valence-corrected chi connectivity index (χ3v) is 5.10. The van der Waals surface area contributed by atoms with E-state index in [0.717, 1.165) is 0 Å². The first-order valence-electron chi connectivity index (χ1n) is 8.84. The molecule has 1 aromatic carbocycles. The van der Waals surface area contributed by atoms with Gasteiger partial charge < -0.3 is 20.5 Å². The Hall–Kier alpha value is -2.61. The molecule has 1 saturated carbocycles. The van der Waals surface area contributed by atoms with Crippen LogP contribution in [0.2, 0.25) is 0 Å². The maximum absolute atomic E-state index is 12.9. The van der Waals surface area contributed by atoms with Crippen molar-refractivity contribution in [1.29, 1.82) is 0 Å². The average Bonchev–Trinajstić information content (AvgIpc) is 3.30. The number of ether oxygens (including phenoxy) is 1. The van der Waals surface area contributed by atoms with Crippen molar-refractivity contribution in [3.8, 4) is 5.75 Å². The van der Waals surface area contributed by atoms with Gasteiger partial charge in [-0.05, 0) is 43.4 Å². The zero-order valence-electron chi connectivity index (χ0n) is 14.6. The number of aryl methyl sites for hydroxylation is 1. The number of rotatable bonds is 6. The molecular weight excluding hydrogens is 336 g/mol. The SMILES string of the molecule is Cn1nc2ccc(OCC3CC3)cc2c1C(=O)NC1(CO)CCNC1=O. The van der Waals surface area contributed by atoms with Crippen molar-refractivity contribution in [2.24, 2.45) is 13.0 Å². The van der Waals surface area contributed by atoms with Gasteiger partial charge in [-0.15, -0.1) is 0 Å². The third-order valence-electron chi connectivity index (χ3n) is 5.10.